The van der Waals surface area contributed by atoms with Gasteiger partial charge in [0.1, 0.15) is 11.5 Å². The van der Waals surface area contributed by atoms with Gasteiger partial charge in [0.15, 0.2) is 0 Å². The van der Waals surface area contributed by atoms with Crippen LogP contribution < -0.4 is 9.64 Å². The molecule has 1 aliphatic rings. The van der Waals surface area contributed by atoms with E-state index in [0.717, 1.165) is 17.5 Å². The lowest BCUT2D eigenvalue weighted by Gasteiger charge is -2.28. The van der Waals surface area contributed by atoms with Crippen molar-refractivity contribution in [1.82, 2.24) is 0 Å². The number of rotatable bonds is 6. The van der Waals surface area contributed by atoms with Crippen molar-refractivity contribution >= 4 is 34.7 Å². The highest BCUT2D eigenvalue weighted by Gasteiger charge is 2.47. The van der Waals surface area contributed by atoms with Crippen LogP contribution in [-0.2, 0) is 15.0 Å². The summed E-state index contributed by atoms with van der Waals surface area (Å²) in [6, 6.07) is 19.1. The molecular weight excluding hydrogens is 486 g/mol. The van der Waals surface area contributed by atoms with Crippen molar-refractivity contribution in [3.63, 3.8) is 0 Å². The van der Waals surface area contributed by atoms with Gasteiger partial charge in [0.25, 0.3) is 11.7 Å². The predicted molar refractivity (Wildman–Crippen MR) is 148 cm³/mol. The summed E-state index contributed by atoms with van der Waals surface area (Å²) in [4.78, 5) is 28.4. The summed E-state index contributed by atoms with van der Waals surface area (Å²) in [5.74, 6) is -1.01. The van der Waals surface area contributed by atoms with Gasteiger partial charge in [0.2, 0.25) is 0 Å². The van der Waals surface area contributed by atoms with Gasteiger partial charge < -0.3 is 9.84 Å². The third-order valence-corrected chi connectivity index (χ3v) is 7.05. The number of benzene rings is 3. The zero-order chi connectivity index (χ0) is 26.9. The summed E-state index contributed by atoms with van der Waals surface area (Å²) in [6.45, 7) is 10.8. The number of hydrogen-bond acceptors (Lipinski definition) is 4. The number of aliphatic hydroxyl groups excluding tert-OH is 1. The standard InChI is InChI=1S/C31H32ClNO4/c1-6-18-37-23-16-12-21(13-17-23)28(34)26-27(20-10-14-22(15-11-20)31(3,4)5)33(30(36)29(26)35)25-9-7-8-24(32)19(25)2/h7-17,27,34H,6,18H2,1-5H3/b28-26+. The minimum Gasteiger partial charge on any atom is -0.507 e. The average molecular weight is 518 g/mol. The molecule has 1 unspecified atom stereocenters. The topological polar surface area (TPSA) is 66.8 Å². The first-order valence-corrected chi connectivity index (χ1v) is 12.8. The molecule has 1 saturated heterocycles. The SMILES string of the molecule is CCCOc1ccc(/C(O)=C2\C(=O)C(=O)N(c3cccc(Cl)c3C)C2c2ccc(C(C)(C)C)cc2)cc1. The number of nitrogens with zero attached hydrogens (tertiary/aromatic N) is 1. The first-order valence-electron chi connectivity index (χ1n) is 12.4. The molecule has 6 heteroatoms. The Morgan fingerprint density at radius 1 is 1.00 bits per heavy atom. The number of aliphatic hydroxyl groups is 1. The molecule has 5 nitrogen and oxygen atoms in total. The summed E-state index contributed by atoms with van der Waals surface area (Å²) in [6.07, 6.45) is 0.877. The number of amides is 1. The molecule has 3 aromatic rings. The van der Waals surface area contributed by atoms with Gasteiger partial charge in [-0.2, -0.15) is 0 Å². The van der Waals surface area contributed by atoms with Crippen LogP contribution in [0, 0.1) is 6.92 Å². The van der Waals surface area contributed by atoms with Crippen LogP contribution in [0.2, 0.25) is 5.02 Å². The Morgan fingerprint density at radius 3 is 2.24 bits per heavy atom. The molecule has 0 spiro atoms. The number of halogens is 1. The Hall–Kier alpha value is -3.57. The molecule has 1 fully saturated rings. The second-order valence-electron chi connectivity index (χ2n) is 10.3. The third-order valence-electron chi connectivity index (χ3n) is 6.64. The number of anilines is 1. The number of carbonyl (C=O) groups is 2. The number of ether oxygens (including phenoxy) is 1. The van der Waals surface area contributed by atoms with Gasteiger partial charge in [-0.3, -0.25) is 14.5 Å². The molecule has 3 aromatic carbocycles. The quantitative estimate of drug-likeness (QED) is 0.211. The van der Waals surface area contributed by atoms with Crippen LogP contribution in [0.1, 0.15) is 62.4 Å². The fourth-order valence-corrected chi connectivity index (χ4v) is 4.67. The Morgan fingerprint density at radius 2 is 1.65 bits per heavy atom. The molecule has 37 heavy (non-hydrogen) atoms. The molecule has 1 atom stereocenters. The summed E-state index contributed by atoms with van der Waals surface area (Å²) in [5.41, 5.74) is 3.45. The molecule has 0 aromatic heterocycles. The Kier molecular flexibility index (Phi) is 7.47. The number of carbonyl (C=O) groups excluding carboxylic acids is 2. The summed E-state index contributed by atoms with van der Waals surface area (Å²) in [5, 5.41) is 11.9. The zero-order valence-corrected chi connectivity index (χ0v) is 22.6. The Balaban J connectivity index is 1.89. The zero-order valence-electron chi connectivity index (χ0n) is 21.8. The van der Waals surface area contributed by atoms with Crippen LogP contribution in [0.3, 0.4) is 0 Å². The van der Waals surface area contributed by atoms with Gasteiger partial charge in [-0.25, -0.2) is 0 Å². The van der Waals surface area contributed by atoms with Crippen molar-refractivity contribution in [2.24, 2.45) is 0 Å². The monoisotopic (exact) mass is 517 g/mol. The number of ketones is 1. The average Bonchev–Trinajstić information content (AvgIpc) is 3.14. The van der Waals surface area contributed by atoms with E-state index >= 15 is 0 Å². The van der Waals surface area contributed by atoms with Gasteiger partial charge in [0, 0.05) is 16.3 Å². The highest BCUT2D eigenvalue weighted by Crippen LogP contribution is 2.44. The normalized spacial score (nSPS) is 17.4. The van der Waals surface area contributed by atoms with Gasteiger partial charge in [-0.1, -0.05) is 69.6 Å². The molecule has 1 heterocycles. The van der Waals surface area contributed by atoms with E-state index in [0.29, 0.717) is 34.2 Å². The van der Waals surface area contributed by atoms with Crippen LogP contribution in [-0.4, -0.2) is 23.4 Å². The minimum atomic E-state index is -0.817. The van der Waals surface area contributed by atoms with Crippen molar-refractivity contribution in [3.05, 3.63) is 99.6 Å². The Bertz CT molecular complexity index is 1350. The van der Waals surface area contributed by atoms with E-state index in [2.05, 4.69) is 20.8 Å². The highest BCUT2D eigenvalue weighted by atomic mass is 35.5. The van der Waals surface area contributed by atoms with E-state index in [1.807, 2.05) is 38.1 Å². The Labute approximate surface area is 223 Å². The maximum atomic E-state index is 13.5. The molecule has 1 aliphatic heterocycles. The highest BCUT2D eigenvalue weighted by molar-refractivity contribution is 6.52. The molecule has 1 amide bonds. The molecule has 0 bridgehead atoms. The second kappa shape index (κ2) is 10.4. The van der Waals surface area contributed by atoms with E-state index in [1.165, 1.54) is 4.90 Å². The lowest BCUT2D eigenvalue weighted by Crippen LogP contribution is -2.30. The van der Waals surface area contributed by atoms with Crippen LogP contribution >= 0.6 is 11.6 Å². The lowest BCUT2D eigenvalue weighted by molar-refractivity contribution is -0.132. The molecule has 1 N–H and O–H groups in total. The van der Waals surface area contributed by atoms with Crippen molar-refractivity contribution in [3.8, 4) is 5.75 Å². The minimum absolute atomic E-state index is 0.0371. The van der Waals surface area contributed by atoms with Gasteiger partial charge in [0.05, 0.1) is 18.2 Å². The number of hydrogen-bond donors (Lipinski definition) is 1. The molecule has 0 radical (unpaired) electrons. The van der Waals surface area contributed by atoms with Crippen LogP contribution in [0.4, 0.5) is 5.69 Å². The van der Waals surface area contributed by atoms with Crippen molar-refractivity contribution in [1.29, 1.82) is 0 Å². The van der Waals surface area contributed by atoms with Crippen molar-refractivity contribution in [2.45, 2.75) is 52.5 Å². The first kappa shape index (κ1) is 26.5. The van der Waals surface area contributed by atoms with E-state index in [4.69, 9.17) is 16.3 Å². The molecule has 0 aliphatic carbocycles. The summed E-state index contributed by atoms with van der Waals surface area (Å²) >= 11 is 6.39. The maximum Gasteiger partial charge on any atom is 0.300 e. The molecular formula is C31H32ClNO4. The molecule has 4 rings (SSSR count). The first-order chi connectivity index (χ1) is 17.5. The fourth-order valence-electron chi connectivity index (χ4n) is 4.50. The largest absolute Gasteiger partial charge is 0.507 e. The number of Topliss-reactive ketones (excluding diaryl/α,β-unsaturated/α-hetero) is 1. The van der Waals surface area contributed by atoms with Crippen molar-refractivity contribution < 1.29 is 19.4 Å². The third kappa shape index (κ3) is 5.14. The van der Waals surface area contributed by atoms with Crippen LogP contribution in [0.15, 0.2) is 72.3 Å². The van der Waals surface area contributed by atoms with E-state index < -0.39 is 17.7 Å². The molecule has 192 valence electrons. The van der Waals surface area contributed by atoms with Crippen LogP contribution in [0.25, 0.3) is 5.76 Å². The van der Waals surface area contributed by atoms with E-state index in [9.17, 15) is 14.7 Å². The van der Waals surface area contributed by atoms with Crippen molar-refractivity contribution in [2.75, 3.05) is 11.5 Å². The second-order valence-corrected chi connectivity index (χ2v) is 10.7. The fraction of sp³-hybridized carbons (Fsp3) is 0.290. The van der Waals surface area contributed by atoms with E-state index in [1.54, 1.807) is 42.5 Å². The van der Waals surface area contributed by atoms with Gasteiger partial charge >= 0.3 is 0 Å². The van der Waals surface area contributed by atoms with E-state index in [-0.39, 0.29) is 16.7 Å². The summed E-state index contributed by atoms with van der Waals surface area (Å²) < 4.78 is 5.64. The molecule has 0 saturated carbocycles. The summed E-state index contributed by atoms with van der Waals surface area (Å²) in [7, 11) is 0. The van der Waals surface area contributed by atoms with Gasteiger partial charge in [-0.15, -0.1) is 0 Å². The smallest absolute Gasteiger partial charge is 0.300 e. The lowest BCUT2D eigenvalue weighted by atomic mass is 9.85. The predicted octanol–water partition coefficient (Wildman–Crippen LogP) is 7.36. The van der Waals surface area contributed by atoms with Gasteiger partial charge in [-0.05, 0) is 71.8 Å². The maximum absolute atomic E-state index is 13.5. The van der Waals surface area contributed by atoms with Crippen LogP contribution in [0.5, 0.6) is 5.75 Å².